The van der Waals surface area contributed by atoms with Crippen molar-refractivity contribution in [3.8, 4) is 0 Å². The standard InChI is InChI=1S/C23H37N7O2/c1-5-18(16(3)27(4)32)23(31)29-10-7-6-8-20(29)19-12-21-25-22(15(2)13-30(21)26-19)28-11-9-17(24)14-28/h12-13,16-18,20,32H,5-11,14,24H2,1-4H3/t16?,17-,18?,20-/m0/s1. The zero-order valence-electron chi connectivity index (χ0n) is 19.7. The largest absolute Gasteiger partial charge is 0.355 e. The van der Waals surface area contributed by atoms with E-state index in [9.17, 15) is 10.0 Å². The van der Waals surface area contributed by atoms with Crippen molar-refractivity contribution in [2.75, 3.05) is 31.6 Å². The summed E-state index contributed by atoms with van der Waals surface area (Å²) < 4.78 is 1.84. The predicted molar refractivity (Wildman–Crippen MR) is 124 cm³/mol. The van der Waals surface area contributed by atoms with Crippen LogP contribution < -0.4 is 10.6 Å². The second-order valence-corrected chi connectivity index (χ2v) is 9.49. The quantitative estimate of drug-likeness (QED) is 0.661. The summed E-state index contributed by atoms with van der Waals surface area (Å²) in [5.41, 5.74) is 8.87. The Morgan fingerprint density at radius 3 is 2.78 bits per heavy atom. The van der Waals surface area contributed by atoms with Crippen molar-refractivity contribution < 1.29 is 10.0 Å². The second kappa shape index (κ2) is 9.33. The molecule has 4 atom stereocenters. The minimum atomic E-state index is -0.256. The fourth-order valence-corrected chi connectivity index (χ4v) is 5.18. The molecule has 0 radical (unpaired) electrons. The van der Waals surface area contributed by atoms with E-state index in [4.69, 9.17) is 15.8 Å². The molecule has 32 heavy (non-hydrogen) atoms. The van der Waals surface area contributed by atoms with Crippen molar-refractivity contribution in [1.29, 1.82) is 0 Å². The van der Waals surface area contributed by atoms with Crippen LogP contribution in [0.4, 0.5) is 5.82 Å². The maximum Gasteiger partial charge on any atom is 0.227 e. The lowest BCUT2D eigenvalue weighted by molar-refractivity contribution is -0.153. The number of fused-ring (bicyclic) bond motifs is 1. The molecule has 2 aromatic rings. The van der Waals surface area contributed by atoms with Crippen LogP contribution in [-0.2, 0) is 4.79 Å². The van der Waals surface area contributed by atoms with Gasteiger partial charge in [-0.15, -0.1) is 0 Å². The Balaban J connectivity index is 1.63. The normalized spacial score (nSPS) is 23.8. The number of aryl methyl sites for hydroxylation is 1. The van der Waals surface area contributed by atoms with Crippen molar-refractivity contribution in [1.82, 2.24) is 24.6 Å². The van der Waals surface area contributed by atoms with Gasteiger partial charge in [-0.1, -0.05) is 6.92 Å². The Labute approximate surface area is 190 Å². The number of anilines is 1. The van der Waals surface area contributed by atoms with Crippen molar-refractivity contribution >= 4 is 17.4 Å². The molecule has 0 bridgehead atoms. The lowest BCUT2D eigenvalue weighted by atomic mass is 9.92. The summed E-state index contributed by atoms with van der Waals surface area (Å²) in [6.07, 6.45) is 6.64. The number of likely N-dealkylation sites (tertiary alicyclic amines) is 1. The van der Waals surface area contributed by atoms with E-state index in [0.29, 0.717) is 6.42 Å². The molecule has 0 aliphatic carbocycles. The molecule has 0 saturated carbocycles. The van der Waals surface area contributed by atoms with Gasteiger partial charge >= 0.3 is 0 Å². The molecule has 4 rings (SSSR count). The maximum absolute atomic E-state index is 13.5. The van der Waals surface area contributed by atoms with Crippen LogP contribution in [0, 0.1) is 12.8 Å². The van der Waals surface area contributed by atoms with Gasteiger partial charge in [0, 0.05) is 56.6 Å². The van der Waals surface area contributed by atoms with Crippen LogP contribution in [0.25, 0.3) is 5.65 Å². The molecule has 0 aromatic carbocycles. The minimum absolute atomic E-state index is 0.0628. The third-order valence-electron chi connectivity index (χ3n) is 7.20. The first kappa shape index (κ1) is 22.9. The highest BCUT2D eigenvalue weighted by atomic mass is 16.5. The molecule has 9 nitrogen and oxygen atoms in total. The molecule has 2 aliphatic heterocycles. The summed E-state index contributed by atoms with van der Waals surface area (Å²) in [5, 5.41) is 15.9. The average molecular weight is 444 g/mol. The van der Waals surface area contributed by atoms with Crippen molar-refractivity contribution in [3.63, 3.8) is 0 Å². The summed E-state index contributed by atoms with van der Waals surface area (Å²) in [6.45, 7) is 8.43. The third kappa shape index (κ3) is 4.33. The summed E-state index contributed by atoms with van der Waals surface area (Å²) in [4.78, 5) is 22.6. The van der Waals surface area contributed by atoms with Gasteiger partial charge < -0.3 is 20.7 Å². The zero-order valence-corrected chi connectivity index (χ0v) is 19.7. The number of hydroxylamine groups is 2. The van der Waals surface area contributed by atoms with Crippen molar-refractivity contribution in [2.24, 2.45) is 11.7 Å². The Kier molecular flexibility index (Phi) is 6.69. The lowest BCUT2D eigenvalue weighted by Crippen LogP contribution is -2.47. The molecule has 176 valence electrons. The Morgan fingerprint density at radius 2 is 2.12 bits per heavy atom. The van der Waals surface area contributed by atoms with Gasteiger partial charge in [0.25, 0.3) is 0 Å². The van der Waals surface area contributed by atoms with Crippen LogP contribution in [0.1, 0.15) is 63.3 Å². The second-order valence-electron chi connectivity index (χ2n) is 9.49. The van der Waals surface area contributed by atoms with E-state index in [1.54, 1.807) is 7.05 Å². The van der Waals surface area contributed by atoms with Gasteiger partial charge in [0.1, 0.15) is 5.82 Å². The van der Waals surface area contributed by atoms with E-state index >= 15 is 0 Å². The van der Waals surface area contributed by atoms with Crippen LogP contribution in [0.5, 0.6) is 0 Å². The maximum atomic E-state index is 13.5. The van der Waals surface area contributed by atoms with E-state index < -0.39 is 0 Å². The Hall–Kier alpha value is -2.23. The average Bonchev–Trinajstić information content (AvgIpc) is 3.39. The number of aromatic nitrogens is 3. The van der Waals surface area contributed by atoms with Gasteiger partial charge in [-0.3, -0.25) is 4.79 Å². The highest BCUT2D eigenvalue weighted by molar-refractivity contribution is 5.80. The summed E-state index contributed by atoms with van der Waals surface area (Å²) in [5.74, 6) is 0.812. The third-order valence-corrected chi connectivity index (χ3v) is 7.20. The number of carbonyl (C=O) groups excluding carboxylic acids is 1. The molecule has 4 heterocycles. The molecule has 2 aromatic heterocycles. The molecule has 2 unspecified atom stereocenters. The fourth-order valence-electron chi connectivity index (χ4n) is 5.18. The van der Waals surface area contributed by atoms with E-state index in [-0.39, 0.29) is 30.0 Å². The van der Waals surface area contributed by atoms with Crippen LogP contribution in [-0.4, -0.2) is 74.4 Å². The van der Waals surface area contributed by atoms with E-state index in [1.807, 2.05) is 35.5 Å². The molecule has 1 amide bonds. The molecule has 3 N–H and O–H groups in total. The first-order valence-electron chi connectivity index (χ1n) is 11.9. The number of nitrogens with two attached hydrogens (primary N) is 1. The minimum Gasteiger partial charge on any atom is -0.355 e. The highest BCUT2D eigenvalue weighted by Gasteiger charge is 2.36. The molecule has 9 heteroatoms. The Morgan fingerprint density at radius 1 is 1.34 bits per heavy atom. The van der Waals surface area contributed by atoms with Gasteiger partial charge in [-0.25, -0.2) is 9.50 Å². The van der Waals surface area contributed by atoms with E-state index in [2.05, 4.69) is 11.8 Å². The van der Waals surface area contributed by atoms with Gasteiger partial charge in [0.05, 0.1) is 17.7 Å². The SMILES string of the molecule is CCC(C(=O)N1CCCC[C@H]1c1cc2nc(N3CC[C@H](N)C3)c(C)cn2n1)C(C)N(C)O. The van der Waals surface area contributed by atoms with Gasteiger partial charge in [0.15, 0.2) is 5.65 Å². The number of amides is 1. The van der Waals surface area contributed by atoms with E-state index in [1.165, 1.54) is 0 Å². The first-order chi connectivity index (χ1) is 15.3. The molecular weight excluding hydrogens is 406 g/mol. The number of piperidine rings is 1. The molecular formula is C23H37N7O2. The van der Waals surface area contributed by atoms with Crippen molar-refractivity contribution in [3.05, 3.63) is 23.5 Å². The first-order valence-corrected chi connectivity index (χ1v) is 11.9. The molecule has 2 aliphatic rings. The van der Waals surface area contributed by atoms with E-state index in [0.717, 1.165) is 73.1 Å². The number of nitrogens with zero attached hydrogens (tertiary/aromatic N) is 6. The van der Waals surface area contributed by atoms with Crippen LogP contribution >= 0.6 is 0 Å². The molecule has 2 fully saturated rings. The monoisotopic (exact) mass is 443 g/mol. The lowest BCUT2D eigenvalue weighted by Gasteiger charge is -2.38. The van der Waals surface area contributed by atoms with Crippen LogP contribution in [0.3, 0.4) is 0 Å². The van der Waals surface area contributed by atoms with Gasteiger partial charge in [0.2, 0.25) is 5.91 Å². The summed E-state index contributed by atoms with van der Waals surface area (Å²) in [7, 11) is 1.61. The highest BCUT2D eigenvalue weighted by Crippen LogP contribution is 2.33. The molecule has 2 saturated heterocycles. The van der Waals surface area contributed by atoms with Gasteiger partial charge in [-0.05, 0) is 46.0 Å². The van der Waals surface area contributed by atoms with Gasteiger partial charge in [-0.2, -0.15) is 10.2 Å². The predicted octanol–water partition coefficient (Wildman–Crippen LogP) is 2.36. The zero-order chi connectivity index (χ0) is 23.0. The number of rotatable bonds is 6. The fraction of sp³-hybridized carbons (Fsp3) is 0.696. The topological polar surface area (TPSA) is 103 Å². The van der Waals surface area contributed by atoms with Crippen LogP contribution in [0.15, 0.2) is 12.3 Å². The summed E-state index contributed by atoms with van der Waals surface area (Å²) in [6, 6.07) is 1.92. The number of hydrogen-bond donors (Lipinski definition) is 2. The Bertz CT molecular complexity index is 959. The number of carbonyl (C=O) groups is 1. The number of hydrogen-bond acceptors (Lipinski definition) is 7. The summed E-state index contributed by atoms with van der Waals surface area (Å²) >= 11 is 0. The smallest absolute Gasteiger partial charge is 0.227 e. The van der Waals surface area contributed by atoms with Crippen LogP contribution in [0.2, 0.25) is 0 Å². The molecule has 0 spiro atoms. The van der Waals surface area contributed by atoms with Crippen molar-refractivity contribution in [2.45, 2.75) is 71.0 Å².